The van der Waals surface area contributed by atoms with Crippen LogP contribution in [-0.2, 0) is 6.54 Å². The molecule has 0 aliphatic rings. The van der Waals surface area contributed by atoms with E-state index in [0.717, 1.165) is 16.6 Å². The van der Waals surface area contributed by atoms with Crippen molar-refractivity contribution in [3.8, 4) is 0 Å². The first-order chi connectivity index (χ1) is 8.56. The highest BCUT2D eigenvalue weighted by Gasteiger charge is 2.03. The van der Waals surface area contributed by atoms with Crippen LogP contribution in [0.4, 0.5) is 11.4 Å². The molecule has 0 fully saturated rings. The molecule has 0 unspecified atom stereocenters. The third kappa shape index (κ3) is 3.18. The average molecular weight is 281 g/mol. The number of aryl methyl sites for hydroxylation is 1. The third-order valence-electron chi connectivity index (χ3n) is 2.79. The van der Waals surface area contributed by atoms with Gasteiger partial charge in [0.2, 0.25) is 0 Å². The van der Waals surface area contributed by atoms with Gasteiger partial charge in [-0.1, -0.05) is 17.7 Å². The van der Waals surface area contributed by atoms with Crippen LogP contribution in [0, 0.1) is 6.92 Å². The summed E-state index contributed by atoms with van der Waals surface area (Å²) >= 11 is 7.53. The molecule has 1 aromatic carbocycles. The fraction of sp³-hybridized carbons (Fsp3) is 0.286. The van der Waals surface area contributed by atoms with E-state index in [4.69, 9.17) is 11.6 Å². The lowest BCUT2D eigenvalue weighted by molar-refractivity contribution is 1.11. The van der Waals surface area contributed by atoms with Crippen molar-refractivity contribution in [1.29, 1.82) is 0 Å². The number of thiophene rings is 1. The molecule has 4 heteroatoms. The number of benzene rings is 1. The summed E-state index contributed by atoms with van der Waals surface area (Å²) in [6.07, 6.45) is 0. The lowest BCUT2D eigenvalue weighted by atomic mass is 10.1. The molecular weight excluding hydrogens is 264 g/mol. The Morgan fingerprint density at radius 2 is 2.00 bits per heavy atom. The molecule has 0 amide bonds. The van der Waals surface area contributed by atoms with Crippen molar-refractivity contribution in [2.75, 3.05) is 24.3 Å². The summed E-state index contributed by atoms with van der Waals surface area (Å²) in [7, 11) is 4.12. The highest BCUT2D eigenvalue weighted by atomic mass is 35.5. The van der Waals surface area contributed by atoms with Crippen molar-refractivity contribution in [3.05, 3.63) is 45.1 Å². The maximum atomic E-state index is 5.91. The van der Waals surface area contributed by atoms with E-state index in [0.29, 0.717) is 0 Å². The Labute approximate surface area is 117 Å². The number of hydrogen-bond acceptors (Lipinski definition) is 3. The van der Waals surface area contributed by atoms with E-state index >= 15 is 0 Å². The third-order valence-corrected chi connectivity index (χ3v) is 4.02. The molecule has 0 bridgehead atoms. The second-order valence-corrected chi connectivity index (χ2v) is 6.25. The molecule has 2 nitrogen and oxygen atoms in total. The Hall–Kier alpha value is -1.19. The average Bonchev–Trinajstić information content (AvgIpc) is 2.74. The van der Waals surface area contributed by atoms with Gasteiger partial charge in [-0.3, -0.25) is 0 Å². The van der Waals surface area contributed by atoms with Crippen LogP contribution in [0.15, 0.2) is 30.3 Å². The largest absolute Gasteiger partial charge is 0.380 e. The van der Waals surface area contributed by atoms with Gasteiger partial charge in [0.1, 0.15) is 0 Å². The van der Waals surface area contributed by atoms with Crippen LogP contribution in [0.25, 0.3) is 0 Å². The summed E-state index contributed by atoms with van der Waals surface area (Å²) < 4.78 is 0.838. The predicted molar refractivity (Wildman–Crippen MR) is 82.2 cm³/mol. The van der Waals surface area contributed by atoms with E-state index in [9.17, 15) is 0 Å². The molecule has 1 heterocycles. The summed E-state index contributed by atoms with van der Waals surface area (Å²) in [5.41, 5.74) is 3.66. The zero-order chi connectivity index (χ0) is 13.1. The molecule has 2 rings (SSSR count). The minimum Gasteiger partial charge on any atom is -0.380 e. The summed E-state index contributed by atoms with van der Waals surface area (Å²) in [6, 6.07) is 10.4. The smallest absolute Gasteiger partial charge is 0.0931 e. The number of nitrogens with zero attached hydrogens (tertiary/aromatic N) is 1. The van der Waals surface area contributed by atoms with E-state index in [2.05, 4.69) is 55.5 Å². The SMILES string of the molecule is Cc1ccc(NCc2ccc(Cl)s2)cc1N(C)C. The monoisotopic (exact) mass is 280 g/mol. The Kier molecular flexibility index (Phi) is 4.15. The molecule has 0 aliphatic carbocycles. The number of rotatable bonds is 4. The van der Waals surface area contributed by atoms with Crippen LogP contribution >= 0.6 is 22.9 Å². The molecule has 1 N–H and O–H groups in total. The molecule has 0 radical (unpaired) electrons. The van der Waals surface area contributed by atoms with Gasteiger partial charge >= 0.3 is 0 Å². The van der Waals surface area contributed by atoms with Gasteiger partial charge in [0.25, 0.3) is 0 Å². The van der Waals surface area contributed by atoms with Crippen LogP contribution in [0.5, 0.6) is 0 Å². The molecule has 18 heavy (non-hydrogen) atoms. The maximum absolute atomic E-state index is 5.91. The number of halogens is 1. The van der Waals surface area contributed by atoms with Crippen molar-refractivity contribution >= 4 is 34.3 Å². The van der Waals surface area contributed by atoms with Crippen LogP contribution < -0.4 is 10.2 Å². The molecule has 0 saturated heterocycles. The first-order valence-corrected chi connectivity index (χ1v) is 7.02. The first kappa shape index (κ1) is 13.2. The predicted octanol–water partition coefficient (Wildman–Crippen LogP) is 4.39. The van der Waals surface area contributed by atoms with Gasteiger partial charge in [-0.25, -0.2) is 0 Å². The number of nitrogens with one attached hydrogen (secondary N) is 1. The van der Waals surface area contributed by atoms with Crippen molar-refractivity contribution in [3.63, 3.8) is 0 Å². The van der Waals surface area contributed by atoms with Crippen LogP contribution in [-0.4, -0.2) is 14.1 Å². The molecule has 0 saturated carbocycles. The maximum Gasteiger partial charge on any atom is 0.0931 e. The zero-order valence-corrected chi connectivity index (χ0v) is 12.4. The molecule has 1 aromatic heterocycles. The standard InChI is InChI=1S/C14H17ClN2S/c1-10-4-5-11(8-13(10)17(2)3)16-9-12-6-7-14(15)18-12/h4-8,16H,9H2,1-3H3. The van der Waals surface area contributed by atoms with Crippen molar-refractivity contribution in [1.82, 2.24) is 0 Å². The van der Waals surface area contributed by atoms with E-state index < -0.39 is 0 Å². The van der Waals surface area contributed by atoms with E-state index in [1.54, 1.807) is 11.3 Å². The number of hydrogen-bond donors (Lipinski definition) is 1. The second kappa shape index (κ2) is 5.63. The molecular formula is C14H17ClN2S. The summed E-state index contributed by atoms with van der Waals surface area (Å²) in [4.78, 5) is 3.37. The van der Waals surface area contributed by atoms with Gasteiger partial charge in [0.05, 0.1) is 4.34 Å². The van der Waals surface area contributed by atoms with Crippen LogP contribution in [0.3, 0.4) is 0 Å². The van der Waals surface area contributed by atoms with Gasteiger partial charge in [-0.05, 0) is 36.8 Å². The van der Waals surface area contributed by atoms with Crippen molar-refractivity contribution in [2.45, 2.75) is 13.5 Å². The topological polar surface area (TPSA) is 15.3 Å². The molecule has 0 atom stereocenters. The summed E-state index contributed by atoms with van der Waals surface area (Å²) in [5, 5.41) is 3.42. The minimum absolute atomic E-state index is 0.813. The molecule has 0 aliphatic heterocycles. The van der Waals surface area contributed by atoms with Crippen LogP contribution in [0.2, 0.25) is 4.34 Å². The van der Waals surface area contributed by atoms with Crippen molar-refractivity contribution < 1.29 is 0 Å². The number of anilines is 2. The van der Waals surface area contributed by atoms with E-state index in [-0.39, 0.29) is 0 Å². The van der Waals surface area contributed by atoms with Crippen LogP contribution in [0.1, 0.15) is 10.4 Å². The Morgan fingerprint density at radius 1 is 1.22 bits per heavy atom. The first-order valence-electron chi connectivity index (χ1n) is 5.82. The van der Waals surface area contributed by atoms with Gasteiger partial charge in [0.15, 0.2) is 0 Å². The molecule has 0 spiro atoms. The highest BCUT2D eigenvalue weighted by molar-refractivity contribution is 7.16. The fourth-order valence-electron chi connectivity index (χ4n) is 1.84. The Balaban J connectivity index is 2.08. The fourth-order valence-corrected chi connectivity index (χ4v) is 2.86. The summed E-state index contributed by atoms with van der Waals surface area (Å²) in [6.45, 7) is 2.94. The Morgan fingerprint density at radius 3 is 2.61 bits per heavy atom. The lowest BCUT2D eigenvalue weighted by Gasteiger charge is -2.17. The normalized spacial score (nSPS) is 10.4. The molecule has 2 aromatic rings. The quantitative estimate of drug-likeness (QED) is 0.894. The highest BCUT2D eigenvalue weighted by Crippen LogP contribution is 2.25. The van der Waals surface area contributed by atoms with Gasteiger partial charge in [-0.15, -0.1) is 11.3 Å². The Bertz CT molecular complexity index is 534. The second-order valence-electron chi connectivity index (χ2n) is 4.46. The van der Waals surface area contributed by atoms with Gasteiger partial charge in [-0.2, -0.15) is 0 Å². The van der Waals surface area contributed by atoms with Crippen molar-refractivity contribution in [2.24, 2.45) is 0 Å². The lowest BCUT2D eigenvalue weighted by Crippen LogP contribution is -2.10. The zero-order valence-electron chi connectivity index (χ0n) is 10.8. The van der Waals surface area contributed by atoms with Gasteiger partial charge in [0, 0.05) is 36.9 Å². The van der Waals surface area contributed by atoms with E-state index in [1.165, 1.54) is 16.1 Å². The van der Waals surface area contributed by atoms with Gasteiger partial charge < -0.3 is 10.2 Å². The summed E-state index contributed by atoms with van der Waals surface area (Å²) in [5.74, 6) is 0. The molecule has 96 valence electrons. The van der Waals surface area contributed by atoms with E-state index in [1.807, 2.05) is 6.07 Å². The minimum atomic E-state index is 0.813.